The molecule has 0 saturated carbocycles. The number of aliphatic hydroxyl groups is 3. The van der Waals surface area contributed by atoms with E-state index < -0.39 is 34.4 Å². The van der Waals surface area contributed by atoms with Crippen LogP contribution < -0.4 is 10.2 Å². The van der Waals surface area contributed by atoms with Gasteiger partial charge in [0.25, 0.3) is 17.5 Å². The lowest BCUT2D eigenvalue weighted by atomic mass is 9.82. The van der Waals surface area contributed by atoms with E-state index in [9.17, 15) is 39.8 Å². The maximum absolute atomic E-state index is 13.8. The minimum atomic E-state index is -2.14. The number of aliphatic hydroxyl groups excluding tert-OH is 2. The van der Waals surface area contributed by atoms with Gasteiger partial charge in [-0.3, -0.25) is 24.5 Å². The van der Waals surface area contributed by atoms with Crippen molar-refractivity contribution in [2.24, 2.45) is 5.92 Å². The molecule has 0 bridgehead atoms. The Morgan fingerprint density at radius 1 is 1.24 bits per heavy atom. The summed E-state index contributed by atoms with van der Waals surface area (Å²) in [5.74, 6) is -2.30. The number of benzene rings is 2. The Hall–Kier alpha value is -4.13. The average Bonchev–Trinajstić information content (AvgIpc) is 3.51. The molecule has 218 valence electrons. The van der Waals surface area contributed by atoms with E-state index in [1.165, 1.54) is 30.0 Å². The van der Waals surface area contributed by atoms with Gasteiger partial charge in [-0.05, 0) is 43.5 Å². The van der Waals surface area contributed by atoms with E-state index in [4.69, 9.17) is 0 Å². The second-order valence-electron chi connectivity index (χ2n) is 10.5. The molecule has 2 aliphatic heterocycles. The van der Waals surface area contributed by atoms with Crippen LogP contribution in [0, 0.1) is 16.0 Å². The highest BCUT2D eigenvalue weighted by Crippen LogP contribution is 2.47. The minimum Gasteiger partial charge on any atom is -0.394 e. The molecule has 2 aliphatic rings. The van der Waals surface area contributed by atoms with Crippen LogP contribution in [-0.2, 0) is 26.5 Å². The lowest BCUT2D eigenvalue weighted by Crippen LogP contribution is -2.44. The summed E-state index contributed by atoms with van der Waals surface area (Å²) in [5.41, 5.74) is -1.02. The molecule has 12 heteroatoms. The molecule has 41 heavy (non-hydrogen) atoms. The molecule has 1 saturated heterocycles. The van der Waals surface area contributed by atoms with Crippen LogP contribution in [0.4, 0.5) is 17.1 Å². The fourth-order valence-electron chi connectivity index (χ4n) is 5.37. The first-order chi connectivity index (χ1) is 19.5. The van der Waals surface area contributed by atoms with Crippen molar-refractivity contribution < 1.29 is 34.6 Å². The summed E-state index contributed by atoms with van der Waals surface area (Å²) in [6.45, 7) is 3.39. The van der Waals surface area contributed by atoms with Crippen molar-refractivity contribution in [1.82, 2.24) is 4.90 Å². The van der Waals surface area contributed by atoms with Crippen LogP contribution in [0.5, 0.6) is 0 Å². The number of nitro benzene ring substituents is 1. The zero-order chi connectivity index (χ0) is 29.9. The Bertz CT molecular complexity index is 1380. The Kier molecular flexibility index (Phi) is 8.86. The molecule has 0 aromatic heterocycles. The summed E-state index contributed by atoms with van der Waals surface area (Å²) in [6, 6.07) is 10.3. The molecule has 0 aliphatic carbocycles. The number of likely N-dealkylation sites (tertiary alicyclic amines) is 1. The molecule has 4 atom stereocenters. The molecule has 2 aromatic carbocycles. The Morgan fingerprint density at radius 2 is 2.00 bits per heavy atom. The van der Waals surface area contributed by atoms with Gasteiger partial charge in [-0.2, -0.15) is 0 Å². The van der Waals surface area contributed by atoms with Gasteiger partial charge >= 0.3 is 0 Å². The maximum Gasteiger partial charge on any atom is 0.269 e. The van der Waals surface area contributed by atoms with Crippen LogP contribution >= 0.6 is 0 Å². The number of non-ortho nitro benzene ring substituents is 1. The van der Waals surface area contributed by atoms with Crippen LogP contribution in [0.1, 0.15) is 44.2 Å². The van der Waals surface area contributed by atoms with Gasteiger partial charge in [0.1, 0.15) is 6.10 Å². The molecular formula is C29H34N4O8. The third kappa shape index (κ3) is 5.99. The van der Waals surface area contributed by atoms with Gasteiger partial charge in [0, 0.05) is 42.3 Å². The van der Waals surface area contributed by atoms with Gasteiger partial charge in [-0.25, -0.2) is 0 Å². The van der Waals surface area contributed by atoms with Crippen LogP contribution in [-0.4, -0.2) is 68.2 Å². The second kappa shape index (κ2) is 12.2. The summed E-state index contributed by atoms with van der Waals surface area (Å²) < 4.78 is 0. The number of hydrogen-bond donors (Lipinski definition) is 4. The topological polar surface area (TPSA) is 174 Å². The number of nitrogens with zero attached hydrogens (tertiary/aromatic N) is 3. The average molecular weight is 567 g/mol. The number of anilines is 2. The number of nitro groups is 1. The summed E-state index contributed by atoms with van der Waals surface area (Å²) in [4.78, 5) is 52.3. The summed E-state index contributed by atoms with van der Waals surface area (Å²) >= 11 is 0. The Morgan fingerprint density at radius 3 is 2.68 bits per heavy atom. The number of amides is 3. The predicted molar refractivity (Wildman–Crippen MR) is 150 cm³/mol. The second-order valence-corrected chi connectivity index (χ2v) is 10.5. The minimum absolute atomic E-state index is 0.00320. The van der Waals surface area contributed by atoms with Crippen molar-refractivity contribution in [3.63, 3.8) is 0 Å². The van der Waals surface area contributed by atoms with E-state index >= 15 is 0 Å². The van der Waals surface area contributed by atoms with Gasteiger partial charge in [0.15, 0.2) is 5.60 Å². The van der Waals surface area contributed by atoms with E-state index in [0.29, 0.717) is 23.5 Å². The third-order valence-corrected chi connectivity index (χ3v) is 7.66. The molecule has 2 aromatic rings. The van der Waals surface area contributed by atoms with E-state index in [2.05, 4.69) is 5.32 Å². The molecule has 4 N–H and O–H groups in total. The first-order valence-electron chi connectivity index (χ1n) is 13.5. The van der Waals surface area contributed by atoms with Crippen molar-refractivity contribution in [3.8, 4) is 0 Å². The summed E-state index contributed by atoms with van der Waals surface area (Å²) in [5, 5.41) is 45.0. The normalized spacial score (nSPS) is 21.7. The lowest BCUT2D eigenvalue weighted by molar-refractivity contribution is -0.385. The van der Waals surface area contributed by atoms with Gasteiger partial charge in [-0.1, -0.05) is 31.2 Å². The largest absolute Gasteiger partial charge is 0.394 e. The number of carbonyl (C=O) groups is 3. The van der Waals surface area contributed by atoms with Crippen LogP contribution in [0.2, 0.25) is 0 Å². The highest BCUT2D eigenvalue weighted by atomic mass is 16.6. The standard InChI is InChI=1S/C29H34N4O8/c1-18(6-3-10-26(36)31-13-5-9-23(31)17-34)29(39)24-15-22(33(40)41)11-12-25(24)32(28(29)38)16-20-7-4-8-21(14-20)30-27(37)19(2)35/h3-4,6-8,11-12,14-15,18-19,23,34-35,39H,5,9-10,13,16-17H2,1-2H3,(H,30,37)/b6-3+/t18-,19-,23-,29+/m0/s1. The van der Waals surface area contributed by atoms with Crippen LogP contribution in [0.15, 0.2) is 54.6 Å². The number of carbonyl (C=O) groups excluding carboxylic acids is 3. The first-order valence-corrected chi connectivity index (χ1v) is 13.5. The highest BCUT2D eigenvalue weighted by molar-refractivity contribution is 6.07. The van der Waals surface area contributed by atoms with E-state index in [1.54, 1.807) is 48.2 Å². The molecule has 12 nitrogen and oxygen atoms in total. The molecule has 0 spiro atoms. The van der Waals surface area contributed by atoms with Crippen molar-refractivity contribution in [3.05, 3.63) is 75.9 Å². The van der Waals surface area contributed by atoms with Crippen molar-refractivity contribution >= 4 is 34.8 Å². The van der Waals surface area contributed by atoms with Gasteiger partial charge < -0.3 is 30.4 Å². The predicted octanol–water partition coefficient (Wildman–Crippen LogP) is 2.21. The quantitative estimate of drug-likeness (QED) is 0.192. The number of rotatable bonds is 10. The molecule has 0 unspecified atom stereocenters. The lowest BCUT2D eigenvalue weighted by Gasteiger charge is -2.28. The van der Waals surface area contributed by atoms with Crippen molar-refractivity contribution in [2.75, 3.05) is 23.4 Å². The van der Waals surface area contributed by atoms with Crippen molar-refractivity contribution in [1.29, 1.82) is 0 Å². The monoisotopic (exact) mass is 566 g/mol. The molecule has 4 rings (SSSR count). The molecular weight excluding hydrogens is 532 g/mol. The Balaban J connectivity index is 1.60. The maximum atomic E-state index is 13.8. The van der Waals surface area contributed by atoms with Crippen LogP contribution in [0.3, 0.4) is 0 Å². The van der Waals surface area contributed by atoms with Gasteiger partial charge in [0.05, 0.1) is 29.8 Å². The third-order valence-electron chi connectivity index (χ3n) is 7.66. The zero-order valence-corrected chi connectivity index (χ0v) is 22.9. The van der Waals surface area contributed by atoms with E-state index in [0.717, 1.165) is 12.8 Å². The fraction of sp³-hybridized carbons (Fsp3) is 0.414. The molecule has 1 fully saturated rings. The van der Waals surface area contributed by atoms with E-state index in [-0.39, 0.29) is 42.8 Å². The van der Waals surface area contributed by atoms with Crippen LogP contribution in [0.25, 0.3) is 0 Å². The smallest absolute Gasteiger partial charge is 0.269 e. The molecule has 3 amide bonds. The first kappa shape index (κ1) is 29.8. The molecule has 0 radical (unpaired) electrons. The van der Waals surface area contributed by atoms with Crippen molar-refractivity contribution in [2.45, 2.75) is 57.4 Å². The molecule has 2 heterocycles. The summed E-state index contributed by atoms with van der Waals surface area (Å²) in [6.07, 6.45) is 3.47. The number of nitrogens with one attached hydrogen (secondary N) is 1. The van der Waals surface area contributed by atoms with E-state index in [1.807, 2.05) is 0 Å². The van der Waals surface area contributed by atoms with Gasteiger partial charge in [0.2, 0.25) is 5.91 Å². The number of fused-ring (bicyclic) bond motifs is 1. The summed E-state index contributed by atoms with van der Waals surface area (Å²) in [7, 11) is 0. The SMILES string of the molecule is C[C@H](O)C(=O)Nc1cccc(CN2C(=O)[C@@](O)([C@@H](C)/C=C/CC(=O)N3CCC[C@H]3CO)c3cc([N+](=O)[O-])ccc32)c1. The number of hydrogen-bond acceptors (Lipinski definition) is 8. The van der Waals surface area contributed by atoms with Gasteiger partial charge in [-0.15, -0.1) is 0 Å². The zero-order valence-electron chi connectivity index (χ0n) is 22.9. The Labute approximate surface area is 237 Å². The fourth-order valence-corrected chi connectivity index (χ4v) is 5.37. The highest BCUT2D eigenvalue weighted by Gasteiger charge is 2.53.